The van der Waals surface area contributed by atoms with Crippen molar-refractivity contribution in [2.45, 2.75) is 13.8 Å². The summed E-state index contributed by atoms with van der Waals surface area (Å²) in [6.45, 7) is 3.82. The fourth-order valence-electron chi connectivity index (χ4n) is 4.65. The maximum Gasteiger partial charge on any atom is 0.141 e. The molecular formula is C38H32N2O3. The zero-order valence-electron chi connectivity index (χ0n) is 24.0. The predicted molar refractivity (Wildman–Crippen MR) is 175 cm³/mol. The molecule has 0 bridgehead atoms. The van der Waals surface area contributed by atoms with Gasteiger partial charge >= 0.3 is 0 Å². The predicted octanol–water partition coefficient (Wildman–Crippen LogP) is 9.22. The quantitative estimate of drug-likeness (QED) is 0.195. The second-order valence-corrected chi connectivity index (χ2v) is 10.1. The number of para-hydroxylation sites is 3. The second-order valence-electron chi connectivity index (χ2n) is 10.1. The molecule has 0 aliphatic rings. The number of aromatic nitrogens is 2. The van der Waals surface area contributed by atoms with Gasteiger partial charge in [-0.3, -0.25) is 0 Å². The molecule has 7 rings (SSSR count). The highest BCUT2D eigenvalue weighted by atomic mass is 16.3. The fourth-order valence-corrected chi connectivity index (χ4v) is 4.65. The summed E-state index contributed by atoms with van der Waals surface area (Å²) in [6.07, 6.45) is 0. The Balaban J connectivity index is 0.000000134. The molecule has 212 valence electrons. The lowest BCUT2D eigenvalue weighted by Gasteiger charge is -2.06. The summed E-state index contributed by atoms with van der Waals surface area (Å²) < 4.78 is 0. The Hall–Kier alpha value is -5.68. The number of hydrogen-bond donors (Lipinski definition) is 3. The van der Waals surface area contributed by atoms with E-state index >= 15 is 0 Å². The molecule has 0 fully saturated rings. The molecule has 0 atom stereocenters. The van der Waals surface area contributed by atoms with E-state index in [9.17, 15) is 15.3 Å². The minimum absolute atomic E-state index is 0.246. The van der Waals surface area contributed by atoms with Crippen LogP contribution in [0.4, 0.5) is 0 Å². The zero-order valence-corrected chi connectivity index (χ0v) is 24.0. The SMILES string of the molecule is Cc1ccc2cccc(O)c2n1.Cc1ccc2cccc(O)c2n1.Oc1ccccc1-c1ccc(-c2ccccc2)cc1. The summed E-state index contributed by atoms with van der Waals surface area (Å²) >= 11 is 0. The molecular weight excluding hydrogens is 532 g/mol. The van der Waals surface area contributed by atoms with Crippen LogP contribution in [0.15, 0.2) is 140 Å². The molecule has 7 aromatic rings. The largest absolute Gasteiger partial charge is 0.507 e. The van der Waals surface area contributed by atoms with Crippen molar-refractivity contribution in [1.29, 1.82) is 0 Å². The Kier molecular flexibility index (Phi) is 8.93. The molecule has 2 aromatic heterocycles. The van der Waals surface area contributed by atoms with Crippen molar-refractivity contribution in [3.05, 3.63) is 151 Å². The molecule has 0 aliphatic carbocycles. The van der Waals surface area contributed by atoms with Crippen molar-refractivity contribution in [3.8, 4) is 39.5 Å². The van der Waals surface area contributed by atoms with Gasteiger partial charge in [0.2, 0.25) is 0 Å². The van der Waals surface area contributed by atoms with Gasteiger partial charge in [-0.25, -0.2) is 9.97 Å². The molecule has 0 radical (unpaired) electrons. The van der Waals surface area contributed by atoms with Gasteiger partial charge in [0, 0.05) is 27.7 Å². The number of benzene rings is 5. The zero-order chi connectivity index (χ0) is 30.2. The van der Waals surface area contributed by atoms with E-state index in [1.54, 1.807) is 18.2 Å². The van der Waals surface area contributed by atoms with Crippen molar-refractivity contribution < 1.29 is 15.3 Å². The van der Waals surface area contributed by atoms with Gasteiger partial charge in [0.25, 0.3) is 0 Å². The Morgan fingerprint density at radius 1 is 0.372 bits per heavy atom. The first-order valence-electron chi connectivity index (χ1n) is 13.9. The Labute approximate surface area is 251 Å². The first kappa shape index (κ1) is 28.8. The molecule has 0 saturated carbocycles. The molecule has 0 amide bonds. The highest BCUT2D eigenvalue weighted by molar-refractivity contribution is 5.85. The number of aryl methyl sites for hydroxylation is 2. The topological polar surface area (TPSA) is 86.5 Å². The lowest BCUT2D eigenvalue weighted by atomic mass is 10.00. The number of aromatic hydroxyl groups is 3. The number of nitrogens with zero attached hydrogens (tertiary/aromatic N) is 2. The summed E-state index contributed by atoms with van der Waals surface area (Å²) in [5.41, 5.74) is 7.47. The molecule has 2 heterocycles. The van der Waals surface area contributed by atoms with Gasteiger partial charge < -0.3 is 15.3 Å². The lowest BCUT2D eigenvalue weighted by Crippen LogP contribution is -1.82. The fraction of sp³-hybridized carbons (Fsp3) is 0.0526. The number of phenolic OH excluding ortho intramolecular Hbond substituents is 3. The minimum Gasteiger partial charge on any atom is -0.507 e. The third kappa shape index (κ3) is 7.16. The number of fused-ring (bicyclic) bond motifs is 2. The highest BCUT2D eigenvalue weighted by Crippen LogP contribution is 2.30. The number of pyridine rings is 2. The van der Waals surface area contributed by atoms with Crippen LogP contribution in [0.1, 0.15) is 11.4 Å². The molecule has 0 saturated heterocycles. The van der Waals surface area contributed by atoms with Crippen LogP contribution in [0.5, 0.6) is 17.2 Å². The molecule has 5 heteroatoms. The van der Waals surface area contributed by atoms with Crippen LogP contribution >= 0.6 is 0 Å². The van der Waals surface area contributed by atoms with E-state index in [1.807, 2.05) is 111 Å². The van der Waals surface area contributed by atoms with E-state index < -0.39 is 0 Å². The maximum atomic E-state index is 9.85. The molecule has 5 nitrogen and oxygen atoms in total. The maximum absolute atomic E-state index is 9.85. The van der Waals surface area contributed by atoms with Crippen molar-refractivity contribution in [2.24, 2.45) is 0 Å². The second kappa shape index (κ2) is 13.3. The summed E-state index contributed by atoms with van der Waals surface area (Å²) in [5.74, 6) is 0.808. The van der Waals surface area contributed by atoms with Crippen molar-refractivity contribution in [3.63, 3.8) is 0 Å². The van der Waals surface area contributed by atoms with Crippen molar-refractivity contribution in [2.75, 3.05) is 0 Å². The van der Waals surface area contributed by atoms with Gasteiger partial charge in [-0.15, -0.1) is 0 Å². The average Bonchev–Trinajstić information content (AvgIpc) is 3.03. The smallest absolute Gasteiger partial charge is 0.141 e. The van der Waals surface area contributed by atoms with E-state index in [1.165, 1.54) is 11.1 Å². The van der Waals surface area contributed by atoms with Crippen LogP contribution < -0.4 is 0 Å². The Bertz CT molecular complexity index is 1890. The standard InChI is InChI=1S/C18H14O.2C10H9NO/c19-18-9-5-4-8-17(18)16-12-10-15(11-13-16)14-6-2-1-3-7-14;2*1-7-5-6-8-3-2-4-9(12)10(8)11-7/h1-13,19H;2*2-6,12H,1H3. The van der Waals surface area contributed by atoms with Crippen LogP contribution in [-0.4, -0.2) is 25.3 Å². The van der Waals surface area contributed by atoms with Crippen LogP contribution in [0, 0.1) is 13.8 Å². The monoisotopic (exact) mass is 564 g/mol. The summed E-state index contributed by atoms with van der Waals surface area (Å²) in [4.78, 5) is 8.45. The summed E-state index contributed by atoms with van der Waals surface area (Å²) in [7, 11) is 0. The molecule has 3 N–H and O–H groups in total. The lowest BCUT2D eigenvalue weighted by molar-refractivity contribution is 0.477. The first-order chi connectivity index (χ1) is 20.9. The molecule has 0 aliphatic heterocycles. The van der Waals surface area contributed by atoms with Gasteiger partial charge in [0.15, 0.2) is 0 Å². The average molecular weight is 565 g/mol. The number of phenols is 3. The number of hydrogen-bond acceptors (Lipinski definition) is 5. The van der Waals surface area contributed by atoms with E-state index in [-0.39, 0.29) is 11.5 Å². The third-order valence-electron chi connectivity index (χ3n) is 6.88. The normalized spacial score (nSPS) is 10.4. The summed E-state index contributed by atoms with van der Waals surface area (Å²) in [6, 6.07) is 44.5. The van der Waals surface area contributed by atoms with Gasteiger partial charge in [0.1, 0.15) is 28.3 Å². The number of rotatable bonds is 2. The van der Waals surface area contributed by atoms with E-state index in [4.69, 9.17) is 0 Å². The molecule has 5 aromatic carbocycles. The van der Waals surface area contributed by atoms with Gasteiger partial charge in [-0.1, -0.05) is 109 Å². The van der Waals surface area contributed by atoms with Crippen LogP contribution in [0.2, 0.25) is 0 Å². The van der Waals surface area contributed by atoms with Gasteiger partial charge in [0.05, 0.1) is 0 Å². The van der Waals surface area contributed by atoms with Gasteiger partial charge in [-0.05, 0) is 60.9 Å². The van der Waals surface area contributed by atoms with Crippen molar-refractivity contribution in [1.82, 2.24) is 9.97 Å². The van der Waals surface area contributed by atoms with Crippen LogP contribution in [0.25, 0.3) is 44.1 Å². The van der Waals surface area contributed by atoms with E-state index in [0.29, 0.717) is 16.8 Å². The van der Waals surface area contributed by atoms with E-state index in [0.717, 1.165) is 33.3 Å². The Morgan fingerprint density at radius 2 is 0.814 bits per heavy atom. The highest BCUT2D eigenvalue weighted by Gasteiger charge is 2.04. The first-order valence-corrected chi connectivity index (χ1v) is 13.9. The third-order valence-corrected chi connectivity index (χ3v) is 6.88. The minimum atomic E-state index is 0.246. The Morgan fingerprint density at radius 3 is 1.35 bits per heavy atom. The molecule has 0 spiro atoms. The van der Waals surface area contributed by atoms with Crippen LogP contribution in [0.3, 0.4) is 0 Å². The van der Waals surface area contributed by atoms with Crippen molar-refractivity contribution >= 4 is 21.8 Å². The molecule has 0 unspecified atom stereocenters. The van der Waals surface area contributed by atoms with E-state index in [2.05, 4.69) is 34.2 Å². The summed E-state index contributed by atoms with van der Waals surface area (Å²) in [5, 5.41) is 30.7. The van der Waals surface area contributed by atoms with Crippen LogP contribution in [-0.2, 0) is 0 Å². The molecule has 43 heavy (non-hydrogen) atoms. The van der Waals surface area contributed by atoms with Gasteiger partial charge in [-0.2, -0.15) is 0 Å².